The molecule has 18 heavy (non-hydrogen) atoms. The van der Waals surface area contributed by atoms with E-state index < -0.39 is 0 Å². The number of carbonyl (C=O) groups is 1. The molecule has 0 aromatic carbocycles. The van der Waals surface area contributed by atoms with Crippen LogP contribution in [0, 0.1) is 6.92 Å². The lowest BCUT2D eigenvalue weighted by Gasteiger charge is -2.09. The Morgan fingerprint density at radius 1 is 1.61 bits per heavy atom. The molecule has 3 rings (SSSR count). The third-order valence-electron chi connectivity index (χ3n) is 3.67. The first-order chi connectivity index (χ1) is 8.79. The fourth-order valence-electron chi connectivity index (χ4n) is 2.78. The van der Waals surface area contributed by atoms with E-state index in [2.05, 4.69) is 14.7 Å². The van der Waals surface area contributed by atoms with Crippen LogP contribution in [0.3, 0.4) is 0 Å². The normalized spacial score (nSPS) is 19.5. The van der Waals surface area contributed by atoms with Crippen LogP contribution in [0.1, 0.15) is 34.7 Å². The Hall–Kier alpha value is -1.68. The fourth-order valence-corrected chi connectivity index (χ4v) is 2.78. The molecule has 0 bridgehead atoms. The first kappa shape index (κ1) is 11.4. The Kier molecular flexibility index (Phi) is 2.88. The van der Waals surface area contributed by atoms with Crippen LogP contribution in [0.25, 0.3) is 5.52 Å². The van der Waals surface area contributed by atoms with Crippen molar-refractivity contribution in [2.45, 2.75) is 32.2 Å². The first-order valence-electron chi connectivity index (χ1n) is 6.44. The van der Waals surface area contributed by atoms with Gasteiger partial charge in [-0.15, -0.1) is 0 Å². The topological polar surface area (TPSA) is 46.4 Å². The molecule has 1 fully saturated rings. The molecule has 2 aromatic heterocycles. The summed E-state index contributed by atoms with van der Waals surface area (Å²) >= 11 is 0. The van der Waals surface area contributed by atoms with Gasteiger partial charge >= 0.3 is 0 Å². The van der Waals surface area contributed by atoms with Crippen LogP contribution in [0.5, 0.6) is 0 Å². The molecule has 0 amide bonds. The number of pyridine rings is 1. The monoisotopic (exact) mass is 243 g/mol. The van der Waals surface area contributed by atoms with E-state index in [1.165, 1.54) is 12.8 Å². The van der Waals surface area contributed by atoms with Gasteiger partial charge in [0.05, 0.1) is 5.52 Å². The van der Waals surface area contributed by atoms with Crippen molar-refractivity contribution in [2.75, 3.05) is 6.54 Å². The minimum absolute atomic E-state index is 0.496. The Morgan fingerprint density at radius 3 is 3.22 bits per heavy atom. The molecule has 1 unspecified atom stereocenters. The smallest absolute Gasteiger partial charge is 0.170 e. The summed E-state index contributed by atoms with van der Waals surface area (Å²) < 4.78 is 2.05. The second kappa shape index (κ2) is 4.53. The standard InChI is InChI=1S/C14H17N3O/c1-10-4-3-7-17-13(8-11-5-2-6-15-11)16-12(9-18)14(10)17/h3-4,7,9,11,15H,2,5-6,8H2,1H3. The molecule has 0 radical (unpaired) electrons. The lowest BCUT2D eigenvalue weighted by Crippen LogP contribution is -2.24. The van der Waals surface area contributed by atoms with Gasteiger partial charge in [-0.3, -0.25) is 4.79 Å². The van der Waals surface area contributed by atoms with Gasteiger partial charge in [-0.2, -0.15) is 0 Å². The molecular weight excluding hydrogens is 226 g/mol. The average Bonchev–Trinajstić information content (AvgIpc) is 2.99. The van der Waals surface area contributed by atoms with Gasteiger partial charge in [0.25, 0.3) is 0 Å². The predicted molar refractivity (Wildman–Crippen MR) is 70.0 cm³/mol. The highest BCUT2D eigenvalue weighted by Gasteiger charge is 2.19. The number of nitrogens with one attached hydrogen (secondary N) is 1. The minimum Gasteiger partial charge on any atom is -0.314 e. The van der Waals surface area contributed by atoms with Crippen LogP contribution in [-0.4, -0.2) is 28.3 Å². The number of nitrogens with zero attached hydrogens (tertiary/aromatic N) is 2. The van der Waals surface area contributed by atoms with Gasteiger partial charge in [0.15, 0.2) is 6.29 Å². The molecule has 1 atom stereocenters. The summed E-state index contributed by atoms with van der Waals surface area (Å²) in [6.07, 6.45) is 6.16. The van der Waals surface area contributed by atoms with Crippen molar-refractivity contribution in [3.63, 3.8) is 0 Å². The van der Waals surface area contributed by atoms with Crippen LogP contribution < -0.4 is 5.32 Å². The lowest BCUT2D eigenvalue weighted by atomic mass is 10.1. The number of hydrogen-bond acceptors (Lipinski definition) is 3. The summed E-state index contributed by atoms with van der Waals surface area (Å²) in [7, 11) is 0. The third kappa shape index (κ3) is 1.82. The highest BCUT2D eigenvalue weighted by atomic mass is 16.1. The summed E-state index contributed by atoms with van der Waals surface area (Å²) in [6, 6.07) is 4.52. The van der Waals surface area contributed by atoms with Crippen LogP contribution in [-0.2, 0) is 6.42 Å². The molecule has 2 aromatic rings. The van der Waals surface area contributed by atoms with Gasteiger partial charge in [0.2, 0.25) is 0 Å². The first-order valence-corrected chi connectivity index (χ1v) is 6.44. The highest BCUT2D eigenvalue weighted by Crippen LogP contribution is 2.18. The van der Waals surface area contributed by atoms with Gasteiger partial charge in [-0.1, -0.05) is 6.07 Å². The van der Waals surface area contributed by atoms with Crippen molar-refractivity contribution in [1.29, 1.82) is 0 Å². The van der Waals surface area contributed by atoms with E-state index in [9.17, 15) is 4.79 Å². The van der Waals surface area contributed by atoms with Gasteiger partial charge in [-0.05, 0) is 37.9 Å². The maximum atomic E-state index is 11.1. The fraction of sp³-hybridized carbons (Fsp3) is 0.429. The zero-order valence-corrected chi connectivity index (χ0v) is 10.5. The second-order valence-electron chi connectivity index (χ2n) is 4.94. The van der Waals surface area contributed by atoms with Crippen LogP contribution >= 0.6 is 0 Å². The van der Waals surface area contributed by atoms with Gasteiger partial charge in [0, 0.05) is 18.7 Å². The van der Waals surface area contributed by atoms with Crippen molar-refractivity contribution in [3.05, 3.63) is 35.4 Å². The molecule has 3 heterocycles. The molecule has 1 aliphatic rings. The maximum Gasteiger partial charge on any atom is 0.170 e. The van der Waals surface area contributed by atoms with Crippen LogP contribution in [0.2, 0.25) is 0 Å². The molecule has 0 spiro atoms. The third-order valence-corrected chi connectivity index (χ3v) is 3.67. The molecule has 4 heteroatoms. The summed E-state index contributed by atoms with van der Waals surface area (Å²) in [6.45, 7) is 3.11. The SMILES string of the molecule is Cc1cccn2c(CC3CCCN3)nc(C=O)c12. The quantitative estimate of drug-likeness (QED) is 0.835. The van der Waals surface area contributed by atoms with Gasteiger partial charge in [0.1, 0.15) is 11.5 Å². The van der Waals surface area contributed by atoms with E-state index in [-0.39, 0.29) is 0 Å². The highest BCUT2D eigenvalue weighted by molar-refractivity contribution is 5.85. The summed E-state index contributed by atoms with van der Waals surface area (Å²) in [4.78, 5) is 15.6. The Bertz CT molecular complexity index is 582. The van der Waals surface area contributed by atoms with E-state index in [4.69, 9.17) is 0 Å². The Morgan fingerprint density at radius 2 is 2.50 bits per heavy atom. The number of rotatable bonds is 3. The molecule has 1 saturated heterocycles. The zero-order chi connectivity index (χ0) is 12.5. The van der Waals surface area contributed by atoms with Crippen molar-refractivity contribution in [2.24, 2.45) is 0 Å². The lowest BCUT2D eigenvalue weighted by molar-refractivity contribution is 0.112. The van der Waals surface area contributed by atoms with Crippen molar-refractivity contribution in [3.8, 4) is 0 Å². The van der Waals surface area contributed by atoms with E-state index in [0.29, 0.717) is 11.7 Å². The number of aldehydes is 1. The molecular formula is C14H17N3O. The van der Waals surface area contributed by atoms with Crippen molar-refractivity contribution >= 4 is 11.8 Å². The molecule has 0 aliphatic carbocycles. The molecule has 0 saturated carbocycles. The summed E-state index contributed by atoms with van der Waals surface area (Å²) in [5.74, 6) is 0.982. The second-order valence-corrected chi connectivity index (χ2v) is 4.94. The summed E-state index contributed by atoms with van der Waals surface area (Å²) in [5.41, 5.74) is 2.60. The molecule has 4 nitrogen and oxygen atoms in total. The predicted octanol–water partition coefficient (Wildman–Crippen LogP) is 1.75. The average molecular weight is 243 g/mol. The number of fused-ring (bicyclic) bond motifs is 1. The van der Waals surface area contributed by atoms with Gasteiger partial charge < -0.3 is 9.72 Å². The Balaban J connectivity index is 2.06. The minimum atomic E-state index is 0.496. The van der Waals surface area contributed by atoms with Crippen molar-refractivity contribution in [1.82, 2.24) is 14.7 Å². The van der Waals surface area contributed by atoms with Crippen molar-refractivity contribution < 1.29 is 4.79 Å². The number of aryl methyl sites for hydroxylation is 1. The molecule has 1 N–H and O–H groups in total. The number of aromatic nitrogens is 2. The molecule has 1 aliphatic heterocycles. The van der Waals surface area contributed by atoms with E-state index in [1.807, 2.05) is 25.3 Å². The van der Waals surface area contributed by atoms with Crippen LogP contribution in [0.4, 0.5) is 0 Å². The maximum absolute atomic E-state index is 11.1. The largest absolute Gasteiger partial charge is 0.314 e. The van der Waals surface area contributed by atoms with E-state index in [0.717, 1.165) is 36.2 Å². The van der Waals surface area contributed by atoms with E-state index >= 15 is 0 Å². The van der Waals surface area contributed by atoms with Gasteiger partial charge in [-0.25, -0.2) is 4.98 Å². The van der Waals surface area contributed by atoms with E-state index in [1.54, 1.807) is 0 Å². The number of carbonyl (C=O) groups excluding carboxylic acids is 1. The number of imidazole rings is 1. The molecule has 94 valence electrons. The number of hydrogen-bond donors (Lipinski definition) is 1. The van der Waals surface area contributed by atoms with Crippen LogP contribution in [0.15, 0.2) is 18.3 Å². The Labute approximate surface area is 106 Å². The summed E-state index contributed by atoms with van der Waals surface area (Å²) in [5, 5.41) is 3.47. The zero-order valence-electron chi connectivity index (χ0n) is 10.5.